The largest absolute Gasteiger partial charge is 0.364 e. The van der Waals surface area contributed by atoms with Crippen LogP contribution in [0.2, 0.25) is 0 Å². The molecule has 4 heteroatoms. The van der Waals surface area contributed by atoms with Gasteiger partial charge >= 0.3 is 0 Å². The minimum absolute atomic E-state index is 0.214. The molecule has 0 amide bonds. The molecule has 0 bridgehead atoms. The molecule has 1 aromatic carbocycles. The molecule has 3 atom stereocenters. The number of halogens is 2. The van der Waals surface area contributed by atoms with Gasteiger partial charge in [-0.15, -0.1) is 0 Å². The van der Waals surface area contributed by atoms with Gasteiger partial charge in [0.25, 0.3) is 0 Å². The molecule has 2 aliphatic rings. The van der Waals surface area contributed by atoms with Crippen molar-refractivity contribution in [1.82, 2.24) is 5.32 Å². The molecule has 3 rings (SSSR count). The van der Waals surface area contributed by atoms with Crippen molar-refractivity contribution in [3.63, 3.8) is 0 Å². The number of rotatable bonds is 1. The van der Waals surface area contributed by atoms with Crippen molar-refractivity contribution in [1.29, 1.82) is 0 Å². The van der Waals surface area contributed by atoms with E-state index in [1.807, 2.05) is 0 Å². The molecule has 0 radical (unpaired) electrons. The molecule has 3 unspecified atom stereocenters. The first-order valence-corrected chi connectivity index (χ1v) is 7.83. The first-order valence-electron chi connectivity index (χ1n) is 7.83. The summed E-state index contributed by atoms with van der Waals surface area (Å²) in [5, 5.41) is 3.36. The summed E-state index contributed by atoms with van der Waals surface area (Å²) in [6.07, 6.45) is 3.95. The lowest BCUT2D eigenvalue weighted by molar-refractivity contribution is -0.144. The maximum absolute atomic E-state index is 14.2. The Balaban J connectivity index is 1.84. The van der Waals surface area contributed by atoms with E-state index in [0.29, 0.717) is 23.6 Å². The number of morpholine rings is 1. The van der Waals surface area contributed by atoms with Crippen molar-refractivity contribution in [3.05, 3.63) is 34.9 Å². The summed E-state index contributed by atoms with van der Waals surface area (Å²) in [4.78, 5) is 0. The molecule has 1 aromatic rings. The third-order valence-electron chi connectivity index (χ3n) is 4.84. The van der Waals surface area contributed by atoms with Gasteiger partial charge in [-0.3, -0.25) is 0 Å². The molecule has 1 heterocycles. The number of nitrogens with one attached hydrogen (secondary N) is 1. The fourth-order valence-corrected chi connectivity index (χ4v) is 3.78. The van der Waals surface area contributed by atoms with Crippen LogP contribution in [0.1, 0.15) is 49.8 Å². The smallest absolute Gasteiger partial charge is 0.129 e. The third kappa shape index (κ3) is 2.97. The van der Waals surface area contributed by atoms with E-state index < -0.39 is 6.10 Å². The molecule has 2 nitrogen and oxygen atoms in total. The van der Waals surface area contributed by atoms with Crippen LogP contribution in [0.3, 0.4) is 0 Å². The maximum Gasteiger partial charge on any atom is 0.129 e. The number of ether oxygens (including phenoxy) is 1. The molecule has 1 aliphatic carbocycles. The monoisotopic (exact) mass is 295 g/mol. The summed E-state index contributed by atoms with van der Waals surface area (Å²) in [6, 6.07) is 2.56. The number of hydrogen-bond donors (Lipinski definition) is 1. The van der Waals surface area contributed by atoms with Crippen LogP contribution in [-0.2, 0) is 4.74 Å². The van der Waals surface area contributed by atoms with Crippen molar-refractivity contribution in [2.45, 2.75) is 51.2 Å². The Morgan fingerprint density at radius 1 is 1.29 bits per heavy atom. The lowest BCUT2D eigenvalue weighted by Gasteiger charge is -2.46. The van der Waals surface area contributed by atoms with E-state index in [1.165, 1.54) is 18.6 Å². The highest BCUT2D eigenvalue weighted by Gasteiger charge is 2.41. The van der Waals surface area contributed by atoms with Gasteiger partial charge in [0.1, 0.15) is 11.6 Å². The third-order valence-corrected chi connectivity index (χ3v) is 4.84. The van der Waals surface area contributed by atoms with Gasteiger partial charge in [0.2, 0.25) is 0 Å². The van der Waals surface area contributed by atoms with E-state index in [9.17, 15) is 8.78 Å². The van der Waals surface area contributed by atoms with E-state index in [4.69, 9.17) is 4.74 Å². The molecule has 21 heavy (non-hydrogen) atoms. The van der Waals surface area contributed by atoms with E-state index in [2.05, 4.69) is 12.2 Å². The Kier molecular flexibility index (Phi) is 4.02. The predicted molar refractivity (Wildman–Crippen MR) is 78.2 cm³/mol. The number of hydrogen-bond acceptors (Lipinski definition) is 2. The minimum atomic E-state index is -0.404. The molecule has 1 spiro atoms. The summed E-state index contributed by atoms with van der Waals surface area (Å²) in [5.41, 5.74) is 0.456. The molecule has 2 fully saturated rings. The van der Waals surface area contributed by atoms with Crippen molar-refractivity contribution in [2.75, 3.05) is 13.1 Å². The number of aryl methyl sites for hydroxylation is 1. The maximum atomic E-state index is 14.2. The van der Waals surface area contributed by atoms with E-state index in [-0.39, 0.29) is 17.2 Å². The van der Waals surface area contributed by atoms with Gasteiger partial charge in [-0.2, -0.15) is 0 Å². The second kappa shape index (κ2) is 5.65. The van der Waals surface area contributed by atoms with Gasteiger partial charge in [0, 0.05) is 18.7 Å². The van der Waals surface area contributed by atoms with Gasteiger partial charge in [0.15, 0.2) is 0 Å². The van der Waals surface area contributed by atoms with Crippen LogP contribution in [0.15, 0.2) is 12.1 Å². The van der Waals surface area contributed by atoms with Crippen LogP contribution in [0, 0.1) is 24.5 Å². The first kappa shape index (κ1) is 14.9. The Morgan fingerprint density at radius 3 is 2.86 bits per heavy atom. The zero-order valence-electron chi connectivity index (χ0n) is 12.7. The SMILES string of the molecule is Cc1cc(F)c(C2CNCC3(CCCC(C)C3)O2)cc1F. The molecule has 1 saturated heterocycles. The molecule has 1 N–H and O–H groups in total. The van der Waals surface area contributed by atoms with Gasteiger partial charge in [-0.25, -0.2) is 8.78 Å². The Bertz CT molecular complexity index is 530. The second-order valence-corrected chi connectivity index (χ2v) is 6.74. The highest BCUT2D eigenvalue weighted by molar-refractivity contribution is 5.27. The first-order chi connectivity index (χ1) is 9.99. The highest BCUT2D eigenvalue weighted by atomic mass is 19.1. The van der Waals surface area contributed by atoms with Crippen LogP contribution in [-0.4, -0.2) is 18.7 Å². The summed E-state index contributed by atoms with van der Waals surface area (Å²) in [7, 11) is 0. The summed E-state index contributed by atoms with van der Waals surface area (Å²) in [5.74, 6) is -0.118. The Morgan fingerprint density at radius 2 is 2.10 bits per heavy atom. The van der Waals surface area contributed by atoms with Gasteiger partial charge in [0.05, 0.1) is 11.7 Å². The topological polar surface area (TPSA) is 21.3 Å². The lowest BCUT2D eigenvalue weighted by Crippen LogP contribution is -2.53. The van der Waals surface area contributed by atoms with Crippen molar-refractivity contribution >= 4 is 0 Å². The minimum Gasteiger partial charge on any atom is -0.364 e. The van der Waals surface area contributed by atoms with Gasteiger partial charge in [-0.05, 0) is 43.4 Å². The summed E-state index contributed by atoms with van der Waals surface area (Å²) >= 11 is 0. The van der Waals surface area contributed by atoms with Crippen molar-refractivity contribution in [2.24, 2.45) is 5.92 Å². The molecule has 1 saturated carbocycles. The standard InChI is InChI=1S/C17H23F2NO/c1-11-4-3-5-17(8-11)10-20-9-16(21-17)13-7-14(18)12(2)6-15(13)19/h6-7,11,16,20H,3-5,8-10H2,1-2H3. The molecule has 0 aromatic heterocycles. The average Bonchev–Trinajstić information content (AvgIpc) is 2.42. The Labute approximate surface area is 124 Å². The fourth-order valence-electron chi connectivity index (χ4n) is 3.78. The van der Waals surface area contributed by atoms with E-state index >= 15 is 0 Å². The second-order valence-electron chi connectivity index (χ2n) is 6.74. The zero-order valence-corrected chi connectivity index (χ0v) is 12.7. The summed E-state index contributed by atoms with van der Waals surface area (Å²) < 4.78 is 34.2. The average molecular weight is 295 g/mol. The van der Waals surface area contributed by atoms with Crippen molar-refractivity contribution < 1.29 is 13.5 Å². The molecular formula is C17H23F2NO. The van der Waals surface area contributed by atoms with Crippen LogP contribution >= 0.6 is 0 Å². The van der Waals surface area contributed by atoms with Crippen LogP contribution in [0.4, 0.5) is 8.78 Å². The molecule has 1 aliphatic heterocycles. The van der Waals surface area contributed by atoms with Crippen LogP contribution in [0.25, 0.3) is 0 Å². The highest BCUT2D eigenvalue weighted by Crippen LogP contribution is 2.40. The number of benzene rings is 1. The van der Waals surface area contributed by atoms with Crippen LogP contribution in [0.5, 0.6) is 0 Å². The van der Waals surface area contributed by atoms with Gasteiger partial charge in [-0.1, -0.05) is 19.8 Å². The van der Waals surface area contributed by atoms with Crippen molar-refractivity contribution in [3.8, 4) is 0 Å². The Hall–Kier alpha value is -1.00. The normalized spacial score (nSPS) is 33.3. The fraction of sp³-hybridized carbons (Fsp3) is 0.647. The predicted octanol–water partition coefficient (Wildman–Crippen LogP) is 3.88. The molecule has 116 valence electrons. The zero-order chi connectivity index (χ0) is 15.0. The van der Waals surface area contributed by atoms with E-state index in [1.54, 1.807) is 6.92 Å². The quantitative estimate of drug-likeness (QED) is 0.849. The van der Waals surface area contributed by atoms with Gasteiger partial charge < -0.3 is 10.1 Å². The molecular weight excluding hydrogens is 272 g/mol. The lowest BCUT2D eigenvalue weighted by atomic mass is 9.77. The van der Waals surface area contributed by atoms with E-state index in [0.717, 1.165) is 25.8 Å². The van der Waals surface area contributed by atoms with Crippen LogP contribution < -0.4 is 5.32 Å². The summed E-state index contributed by atoms with van der Waals surface area (Å²) in [6.45, 7) is 5.16.